The van der Waals surface area contributed by atoms with E-state index in [4.69, 9.17) is 5.73 Å². The number of anilines is 1. The number of para-hydroxylation sites is 1. The Labute approximate surface area is 145 Å². The van der Waals surface area contributed by atoms with E-state index in [2.05, 4.69) is 17.2 Å². The van der Waals surface area contributed by atoms with Gasteiger partial charge in [0, 0.05) is 17.3 Å². The molecule has 0 bridgehead atoms. The normalized spacial score (nSPS) is 12.1. The monoisotopic (exact) mass is 337 g/mol. The Kier molecular flexibility index (Phi) is 4.93. The minimum Gasteiger partial charge on any atom is -0.378 e. The van der Waals surface area contributed by atoms with Gasteiger partial charge in [-0.05, 0) is 36.2 Å². The van der Waals surface area contributed by atoms with Crippen molar-refractivity contribution in [2.24, 2.45) is 5.73 Å². The van der Waals surface area contributed by atoms with Crippen LogP contribution in [-0.2, 0) is 0 Å². The number of nitrogens with zero attached hydrogens (tertiary/aromatic N) is 1. The van der Waals surface area contributed by atoms with Crippen molar-refractivity contribution in [3.8, 4) is 0 Å². The average molecular weight is 337 g/mol. The first kappa shape index (κ1) is 16.9. The number of aromatic nitrogens is 1. The third-order valence-corrected chi connectivity index (χ3v) is 4.19. The van der Waals surface area contributed by atoms with Crippen molar-refractivity contribution in [2.75, 3.05) is 5.32 Å². The Morgan fingerprint density at radius 3 is 2.76 bits per heavy atom. The van der Waals surface area contributed by atoms with Gasteiger partial charge in [-0.3, -0.25) is 9.78 Å². The zero-order valence-corrected chi connectivity index (χ0v) is 14.0. The molecule has 0 aliphatic rings. The van der Waals surface area contributed by atoms with Gasteiger partial charge in [-0.2, -0.15) is 0 Å². The molecule has 0 spiro atoms. The molecule has 0 fully saturated rings. The zero-order valence-electron chi connectivity index (χ0n) is 14.0. The van der Waals surface area contributed by atoms with Crippen LogP contribution in [0.5, 0.6) is 0 Å². The summed E-state index contributed by atoms with van der Waals surface area (Å²) >= 11 is 0. The summed E-state index contributed by atoms with van der Waals surface area (Å²) in [6, 6.07) is 13.8. The maximum absolute atomic E-state index is 13.6. The first-order valence-corrected chi connectivity index (χ1v) is 8.29. The highest BCUT2D eigenvalue weighted by atomic mass is 19.1. The fourth-order valence-electron chi connectivity index (χ4n) is 3.02. The molecule has 3 N–H and O–H groups in total. The molecular formula is C20H20FN3O. The molecule has 2 aromatic carbocycles. The number of carbonyl (C=O) groups excluding carboxylic acids is 1. The number of hydrogen-bond donors (Lipinski definition) is 2. The summed E-state index contributed by atoms with van der Waals surface area (Å²) in [5.41, 5.74) is 8.13. The SMILES string of the molecule is CCC[C@@H](Nc1ccnc2c(C(N)=O)cccc12)c1cccc(F)c1. The van der Waals surface area contributed by atoms with Crippen molar-refractivity contribution < 1.29 is 9.18 Å². The molecule has 0 radical (unpaired) electrons. The number of nitrogens with one attached hydrogen (secondary N) is 1. The molecule has 128 valence electrons. The van der Waals surface area contributed by atoms with E-state index in [9.17, 15) is 9.18 Å². The van der Waals surface area contributed by atoms with Crippen molar-refractivity contribution in [2.45, 2.75) is 25.8 Å². The molecule has 0 aliphatic carbocycles. The number of nitrogens with two attached hydrogens (primary N) is 1. The van der Waals surface area contributed by atoms with Crippen molar-refractivity contribution in [3.05, 3.63) is 71.7 Å². The predicted molar refractivity (Wildman–Crippen MR) is 97.9 cm³/mol. The lowest BCUT2D eigenvalue weighted by Gasteiger charge is -2.21. The number of benzene rings is 2. The zero-order chi connectivity index (χ0) is 17.8. The number of hydrogen-bond acceptors (Lipinski definition) is 3. The van der Waals surface area contributed by atoms with Gasteiger partial charge in [0.25, 0.3) is 5.91 Å². The highest BCUT2D eigenvalue weighted by Crippen LogP contribution is 2.30. The fourth-order valence-corrected chi connectivity index (χ4v) is 3.02. The summed E-state index contributed by atoms with van der Waals surface area (Å²) < 4.78 is 13.6. The molecular weight excluding hydrogens is 317 g/mol. The molecule has 5 heteroatoms. The third-order valence-electron chi connectivity index (χ3n) is 4.19. The Bertz CT molecular complexity index is 910. The standard InChI is InChI=1S/C20H20FN3O/c1-2-5-17(13-6-3-7-14(21)12-13)24-18-10-11-23-19-15(18)8-4-9-16(19)20(22)25/h3-4,6-12,17H,2,5H2,1H3,(H2,22,25)(H,23,24)/t17-/m1/s1. The molecule has 0 aliphatic heterocycles. The minimum atomic E-state index is -0.509. The second-order valence-corrected chi connectivity index (χ2v) is 5.97. The lowest BCUT2D eigenvalue weighted by molar-refractivity contribution is 0.100. The summed E-state index contributed by atoms with van der Waals surface area (Å²) in [4.78, 5) is 15.9. The van der Waals surface area contributed by atoms with E-state index < -0.39 is 5.91 Å². The van der Waals surface area contributed by atoms with E-state index >= 15 is 0 Å². The van der Waals surface area contributed by atoms with Crippen molar-refractivity contribution in [3.63, 3.8) is 0 Å². The molecule has 4 nitrogen and oxygen atoms in total. The molecule has 25 heavy (non-hydrogen) atoms. The van der Waals surface area contributed by atoms with Gasteiger partial charge in [0.05, 0.1) is 17.1 Å². The summed E-state index contributed by atoms with van der Waals surface area (Å²) in [6.45, 7) is 2.09. The third kappa shape index (κ3) is 3.60. The number of fused-ring (bicyclic) bond motifs is 1. The molecule has 0 saturated carbocycles. The second kappa shape index (κ2) is 7.30. The number of carbonyl (C=O) groups is 1. The first-order chi connectivity index (χ1) is 12.1. The van der Waals surface area contributed by atoms with Gasteiger partial charge >= 0.3 is 0 Å². The van der Waals surface area contributed by atoms with Crippen LogP contribution in [0.15, 0.2) is 54.7 Å². The van der Waals surface area contributed by atoms with Crippen LogP contribution in [0.1, 0.15) is 41.7 Å². The maximum atomic E-state index is 13.6. The molecule has 0 unspecified atom stereocenters. The molecule has 0 saturated heterocycles. The smallest absolute Gasteiger partial charge is 0.250 e. The van der Waals surface area contributed by atoms with E-state index in [1.54, 1.807) is 30.5 Å². The van der Waals surface area contributed by atoms with E-state index in [1.807, 2.05) is 18.2 Å². The number of rotatable bonds is 6. The average Bonchev–Trinajstić information content (AvgIpc) is 2.61. The molecule has 1 amide bonds. The first-order valence-electron chi connectivity index (χ1n) is 8.29. The number of halogens is 1. The van der Waals surface area contributed by atoms with E-state index in [1.165, 1.54) is 6.07 Å². The predicted octanol–water partition coefficient (Wildman–Crippen LogP) is 4.43. The Hall–Kier alpha value is -2.95. The van der Waals surface area contributed by atoms with E-state index in [0.717, 1.165) is 29.5 Å². The van der Waals surface area contributed by atoms with Crippen LogP contribution in [-0.4, -0.2) is 10.9 Å². The van der Waals surface area contributed by atoms with E-state index in [0.29, 0.717) is 11.1 Å². The summed E-state index contributed by atoms with van der Waals surface area (Å²) in [7, 11) is 0. The van der Waals surface area contributed by atoms with Gasteiger partial charge in [-0.15, -0.1) is 0 Å². The Morgan fingerprint density at radius 1 is 1.24 bits per heavy atom. The molecule has 3 rings (SSSR count). The molecule has 1 aromatic heterocycles. The lowest BCUT2D eigenvalue weighted by Crippen LogP contribution is -2.13. The van der Waals surface area contributed by atoms with Gasteiger partial charge in [0.15, 0.2) is 0 Å². The van der Waals surface area contributed by atoms with Gasteiger partial charge in [0.2, 0.25) is 0 Å². The molecule has 1 heterocycles. The lowest BCUT2D eigenvalue weighted by atomic mass is 10.0. The van der Waals surface area contributed by atoms with Crippen LogP contribution >= 0.6 is 0 Å². The summed E-state index contributed by atoms with van der Waals surface area (Å²) in [6.07, 6.45) is 3.44. The van der Waals surface area contributed by atoms with Gasteiger partial charge in [-0.25, -0.2) is 4.39 Å². The van der Waals surface area contributed by atoms with Crippen LogP contribution in [0.25, 0.3) is 10.9 Å². The van der Waals surface area contributed by atoms with Gasteiger partial charge in [-0.1, -0.05) is 37.6 Å². The summed E-state index contributed by atoms with van der Waals surface area (Å²) in [5.74, 6) is -0.763. The van der Waals surface area contributed by atoms with Gasteiger partial charge < -0.3 is 11.1 Å². The number of amides is 1. The topological polar surface area (TPSA) is 68.0 Å². The number of pyridine rings is 1. The van der Waals surface area contributed by atoms with Crippen molar-refractivity contribution in [1.29, 1.82) is 0 Å². The quantitative estimate of drug-likeness (QED) is 0.699. The Morgan fingerprint density at radius 2 is 2.04 bits per heavy atom. The van der Waals surface area contributed by atoms with Crippen LogP contribution < -0.4 is 11.1 Å². The second-order valence-electron chi connectivity index (χ2n) is 5.97. The van der Waals surface area contributed by atoms with Crippen LogP contribution in [0.4, 0.5) is 10.1 Å². The largest absolute Gasteiger partial charge is 0.378 e. The highest BCUT2D eigenvalue weighted by Gasteiger charge is 2.15. The van der Waals surface area contributed by atoms with Crippen LogP contribution in [0, 0.1) is 5.82 Å². The van der Waals surface area contributed by atoms with Crippen molar-refractivity contribution >= 4 is 22.5 Å². The molecule has 3 aromatic rings. The van der Waals surface area contributed by atoms with Crippen LogP contribution in [0.3, 0.4) is 0 Å². The summed E-state index contributed by atoms with van der Waals surface area (Å²) in [5, 5.41) is 4.29. The fraction of sp³-hybridized carbons (Fsp3) is 0.200. The highest BCUT2D eigenvalue weighted by molar-refractivity contribution is 6.07. The maximum Gasteiger partial charge on any atom is 0.250 e. The van der Waals surface area contributed by atoms with Crippen molar-refractivity contribution in [1.82, 2.24) is 4.98 Å². The Balaban J connectivity index is 2.03. The number of primary amides is 1. The molecule has 1 atom stereocenters. The van der Waals surface area contributed by atoms with Gasteiger partial charge in [0.1, 0.15) is 5.82 Å². The van der Waals surface area contributed by atoms with Crippen LogP contribution in [0.2, 0.25) is 0 Å². The van der Waals surface area contributed by atoms with E-state index in [-0.39, 0.29) is 11.9 Å². The minimum absolute atomic E-state index is 0.0384.